The smallest absolute Gasteiger partial charge is 0.157 e. The van der Waals surface area contributed by atoms with E-state index in [4.69, 9.17) is 17.3 Å². The number of anilines is 2. The highest BCUT2D eigenvalue weighted by molar-refractivity contribution is 6.32. The summed E-state index contributed by atoms with van der Waals surface area (Å²) in [6.45, 7) is 5.39. The van der Waals surface area contributed by atoms with Gasteiger partial charge in [0.1, 0.15) is 12.0 Å². The van der Waals surface area contributed by atoms with E-state index < -0.39 is 0 Å². The van der Waals surface area contributed by atoms with Gasteiger partial charge in [0.25, 0.3) is 0 Å². The Morgan fingerprint density at radius 3 is 2.79 bits per heavy atom. The second kappa shape index (κ2) is 5.84. The lowest BCUT2D eigenvalue weighted by molar-refractivity contribution is 0.789. The predicted molar refractivity (Wildman–Crippen MR) is 77.2 cm³/mol. The zero-order valence-corrected chi connectivity index (χ0v) is 11.7. The normalized spacial score (nSPS) is 10.5. The Bertz CT molecular complexity index is 573. The Balaban J connectivity index is 2.28. The van der Waals surface area contributed by atoms with Crippen molar-refractivity contribution in [2.75, 3.05) is 17.2 Å². The molecule has 0 unspecified atom stereocenters. The third kappa shape index (κ3) is 3.12. The third-order valence-corrected chi connectivity index (χ3v) is 3.10. The van der Waals surface area contributed by atoms with Crippen LogP contribution in [-0.4, -0.2) is 21.5 Å². The van der Waals surface area contributed by atoms with Gasteiger partial charge >= 0.3 is 0 Å². The summed E-state index contributed by atoms with van der Waals surface area (Å²) in [6, 6.07) is 5.94. The second-order valence-corrected chi connectivity index (χ2v) is 4.54. The number of pyridine rings is 1. The van der Waals surface area contributed by atoms with Crippen molar-refractivity contribution in [3.05, 3.63) is 41.1 Å². The maximum Gasteiger partial charge on any atom is 0.157 e. The average Bonchev–Trinajstić information content (AvgIpc) is 2.40. The molecule has 0 aliphatic rings. The van der Waals surface area contributed by atoms with Crippen LogP contribution in [0.25, 0.3) is 0 Å². The molecule has 19 heavy (non-hydrogen) atoms. The van der Waals surface area contributed by atoms with Crippen LogP contribution >= 0.6 is 11.6 Å². The fourth-order valence-electron chi connectivity index (χ4n) is 1.84. The van der Waals surface area contributed by atoms with Crippen molar-refractivity contribution >= 4 is 23.1 Å². The third-order valence-electron chi connectivity index (χ3n) is 2.79. The van der Waals surface area contributed by atoms with Crippen LogP contribution in [0.1, 0.15) is 18.3 Å². The van der Waals surface area contributed by atoms with Crippen LogP contribution in [0.3, 0.4) is 0 Å². The number of nitrogen functional groups attached to an aromatic ring is 1. The molecule has 2 rings (SSSR count). The van der Waals surface area contributed by atoms with E-state index in [0.717, 1.165) is 17.9 Å². The van der Waals surface area contributed by atoms with Crippen LogP contribution in [0.4, 0.5) is 11.5 Å². The Kier molecular flexibility index (Phi) is 4.16. The van der Waals surface area contributed by atoms with E-state index in [0.29, 0.717) is 18.1 Å². The van der Waals surface area contributed by atoms with Crippen molar-refractivity contribution < 1.29 is 0 Å². The first-order chi connectivity index (χ1) is 9.11. The maximum absolute atomic E-state index is 5.92. The molecule has 0 amide bonds. The fraction of sp³-hybridized carbons (Fsp3) is 0.308. The number of rotatable bonds is 4. The van der Waals surface area contributed by atoms with E-state index in [9.17, 15) is 0 Å². The molecule has 0 saturated carbocycles. The molecule has 0 saturated heterocycles. The molecule has 5 nitrogen and oxygen atoms in total. The zero-order valence-electron chi connectivity index (χ0n) is 11.0. The molecule has 6 heteroatoms. The first-order valence-electron chi connectivity index (χ1n) is 6.05. The maximum atomic E-state index is 5.92. The van der Waals surface area contributed by atoms with Crippen LogP contribution in [0.15, 0.2) is 24.5 Å². The van der Waals surface area contributed by atoms with Gasteiger partial charge in [0.05, 0.1) is 12.2 Å². The van der Waals surface area contributed by atoms with Crippen molar-refractivity contribution in [1.82, 2.24) is 15.0 Å². The summed E-state index contributed by atoms with van der Waals surface area (Å²) in [5, 5.41) is 0.278. The van der Waals surface area contributed by atoms with Gasteiger partial charge in [0.2, 0.25) is 0 Å². The fourth-order valence-corrected chi connectivity index (χ4v) is 1.97. The minimum absolute atomic E-state index is 0.278. The van der Waals surface area contributed by atoms with Gasteiger partial charge in [-0.15, -0.1) is 0 Å². The van der Waals surface area contributed by atoms with E-state index in [1.165, 1.54) is 6.33 Å². The molecule has 2 aromatic rings. The monoisotopic (exact) mass is 277 g/mol. The minimum Gasteiger partial charge on any atom is -0.393 e. The van der Waals surface area contributed by atoms with Crippen LogP contribution < -0.4 is 10.6 Å². The number of hydrogen-bond donors (Lipinski definition) is 1. The molecule has 0 atom stereocenters. The van der Waals surface area contributed by atoms with Gasteiger partial charge in [-0.2, -0.15) is 0 Å². The van der Waals surface area contributed by atoms with Crippen LogP contribution in [0.5, 0.6) is 0 Å². The quantitative estimate of drug-likeness (QED) is 0.870. The average molecular weight is 278 g/mol. The highest BCUT2D eigenvalue weighted by atomic mass is 35.5. The van der Waals surface area contributed by atoms with Gasteiger partial charge in [-0.05, 0) is 26.0 Å². The first kappa shape index (κ1) is 13.5. The van der Waals surface area contributed by atoms with Crippen molar-refractivity contribution in [1.29, 1.82) is 0 Å². The Hall–Kier alpha value is -1.88. The molecular formula is C13H16ClN5. The van der Waals surface area contributed by atoms with Gasteiger partial charge < -0.3 is 10.6 Å². The highest BCUT2D eigenvalue weighted by Gasteiger charge is 2.13. The van der Waals surface area contributed by atoms with E-state index in [1.807, 2.05) is 36.9 Å². The second-order valence-electron chi connectivity index (χ2n) is 4.19. The molecule has 2 aromatic heterocycles. The van der Waals surface area contributed by atoms with Crippen LogP contribution in [0, 0.1) is 6.92 Å². The van der Waals surface area contributed by atoms with Crippen LogP contribution in [0.2, 0.25) is 5.15 Å². The van der Waals surface area contributed by atoms with E-state index in [1.54, 1.807) is 0 Å². The van der Waals surface area contributed by atoms with E-state index in [-0.39, 0.29) is 5.15 Å². The first-order valence-corrected chi connectivity index (χ1v) is 6.43. The SMILES string of the molecule is CCN(Cc1cccc(C)n1)c1ncnc(Cl)c1N. The lowest BCUT2D eigenvalue weighted by Gasteiger charge is -2.23. The van der Waals surface area contributed by atoms with Crippen molar-refractivity contribution in [2.45, 2.75) is 20.4 Å². The summed E-state index contributed by atoms with van der Waals surface area (Å²) < 4.78 is 0. The number of aryl methyl sites for hydroxylation is 1. The molecule has 0 radical (unpaired) electrons. The molecular weight excluding hydrogens is 262 g/mol. The van der Waals surface area contributed by atoms with Crippen molar-refractivity contribution in [3.63, 3.8) is 0 Å². The van der Waals surface area contributed by atoms with E-state index in [2.05, 4.69) is 15.0 Å². The summed E-state index contributed by atoms with van der Waals surface area (Å²) >= 11 is 5.92. The summed E-state index contributed by atoms with van der Waals surface area (Å²) in [6.07, 6.45) is 1.42. The van der Waals surface area contributed by atoms with Crippen molar-refractivity contribution in [2.24, 2.45) is 0 Å². The standard InChI is InChI=1S/C13H16ClN5/c1-3-19(7-10-6-4-5-9(2)18-10)13-11(15)12(14)16-8-17-13/h4-6,8H,3,7,15H2,1-2H3. The molecule has 0 aliphatic carbocycles. The van der Waals surface area contributed by atoms with Crippen molar-refractivity contribution in [3.8, 4) is 0 Å². The largest absolute Gasteiger partial charge is 0.393 e. The summed E-state index contributed by atoms with van der Waals surface area (Å²) in [4.78, 5) is 14.6. The molecule has 2 heterocycles. The van der Waals surface area contributed by atoms with E-state index >= 15 is 0 Å². The number of nitrogens with two attached hydrogens (primary N) is 1. The number of aromatic nitrogens is 3. The Morgan fingerprint density at radius 1 is 1.32 bits per heavy atom. The summed E-state index contributed by atoms with van der Waals surface area (Å²) in [7, 11) is 0. The highest BCUT2D eigenvalue weighted by Crippen LogP contribution is 2.26. The molecule has 2 N–H and O–H groups in total. The lowest BCUT2D eigenvalue weighted by atomic mass is 10.3. The molecule has 100 valence electrons. The molecule has 0 fully saturated rings. The topological polar surface area (TPSA) is 67.9 Å². The minimum atomic E-state index is 0.278. The van der Waals surface area contributed by atoms with Gasteiger partial charge in [-0.25, -0.2) is 9.97 Å². The molecule has 0 bridgehead atoms. The molecule has 0 aliphatic heterocycles. The van der Waals surface area contributed by atoms with Gasteiger partial charge in [0, 0.05) is 12.2 Å². The number of nitrogens with zero attached hydrogens (tertiary/aromatic N) is 4. The zero-order chi connectivity index (χ0) is 13.8. The summed E-state index contributed by atoms with van der Waals surface area (Å²) in [5.41, 5.74) is 8.28. The number of hydrogen-bond acceptors (Lipinski definition) is 5. The Labute approximate surface area is 117 Å². The molecule has 0 spiro atoms. The number of halogens is 1. The van der Waals surface area contributed by atoms with Gasteiger partial charge in [0.15, 0.2) is 11.0 Å². The lowest BCUT2D eigenvalue weighted by Crippen LogP contribution is -2.25. The van der Waals surface area contributed by atoms with Gasteiger partial charge in [-0.1, -0.05) is 17.7 Å². The Morgan fingerprint density at radius 2 is 2.11 bits per heavy atom. The van der Waals surface area contributed by atoms with Gasteiger partial charge in [-0.3, -0.25) is 4.98 Å². The van der Waals surface area contributed by atoms with Crippen LogP contribution in [-0.2, 0) is 6.54 Å². The summed E-state index contributed by atoms with van der Waals surface area (Å²) in [5.74, 6) is 0.644. The molecule has 0 aromatic carbocycles. The predicted octanol–water partition coefficient (Wildman–Crippen LogP) is 2.44.